The van der Waals surface area contributed by atoms with E-state index in [1.165, 1.54) is 49.8 Å². The standard InChI is InChI=1S/C16H24N4O/c17-10-8-11(9-10)21-14-12-4-3-7-16(5-1-2-6-16)13(12)19-15(18)20-14/h10-11H,1-9,17H2,(H2,18,19,20). The number of nitrogen functional groups attached to an aromatic ring is 1. The first-order valence-electron chi connectivity index (χ1n) is 8.25. The summed E-state index contributed by atoms with van der Waals surface area (Å²) < 4.78 is 6.09. The molecule has 1 spiro atoms. The van der Waals surface area contributed by atoms with Crippen LogP contribution in [0.2, 0.25) is 0 Å². The van der Waals surface area contributed by atoms with Crippen LogP contribution in [0.3, 0.4) is 0 Å². The second-order valence-corrected chi connectivity index (χ2v) is 7.03. The molecule has 0 unspecified atom stereocenters. The van der Waals surface area contributed by atoms with Gasteiger partial charge in [-0.25, -0.2) is 4.98 Å². The van der Waals surface area contributed by atoms with Crippen molar-refractivity contribution in [2.75, 3.05) is 5.73 Å². The van der Waals surface area contributed by atoms with Crippen LogP contribution in [0.25, 0.3) is 0 Å². The van der Waals surface area contributed by atoms with Gasteiger partial charge in [-0.1, -0.05) is 12.8 Å². The predicted molar refractivity (Wildman–Crippen MR) is 81.2 cm³/mol. The molecule has 1 aromatic heterocycles. The highest BCUT2D eigenvalue weighted by Gasteiger charge is 2.42. The molecule has 0 radical (unpaired) electrons. The summed E-state index contributed by atoms with van der Waals surface area (Å²) in [5.41, 5.74) is 14.5. The zero-order chi connectivity index (χ0) is 14.4. The van der Waals surface area contributed by atoms with Crippen LogP contribution < -0.4 is 16.2 Å². The molecule has 4 rings (SSSR count). The Morgan fingerprint density at radius 1 is 1.05 bits per heavy atom. The minimum atomic E-state index is 0.208. The van der Waals surface area contributed by atoms with Gasteiger partial charge in [0.25, 0.3) is 0 Å². The van der Waals surface area contributed by atoms with Crippen molar-refractivity contribution in [1.29, 1.82) is 0 Å². The molecule has 5 heteroatoms. The fraction of sp³-hybridized carbons (Fsp3) is 0.750. The zero-order valence-corrected chi connectivity index (χ0v) is 12.5. The van der Waals surface area contributed by atoms with Crippen LogP contribution in [0.1, 0.15) is 62.6 Å². The first-order valence-corrected chi connectivity index (χ1v) is 8.25. The Hall–Kier alpha value is -1.36. The highest BCUT2D eigenvalue weighted by molar-refractivity contribution is 5.42. The lowest BCUT2D eigenvalue weighted by Gasteiger charge is -2.37. The molecule has 0 aromatic carbocycles. The summed E-state index contributed by atoms with van der Waals surface area (Å²) >= 11 is 0. The molecule has 5 nitrogen and oxygen atoms in total. The van der Waals surface area contributed by atoms with Crippen LogP contribution in [0.4, 0.5) is 5.95 Å². The summed E-state index contributed by atoms with van der Waals surface area (Å²) in [6.07, 6.45) is 10.6. The van der Waals surface area contributed by atoms with E-state index in [4.69, 9.17) is 16.2 Å². The molecular weight excluding hydrogens is 264 g/mol. The molecule has 1 aromatic rings. The minimum absolute atomic E-state index is 0.208. The third-order valence-electron chi connectivity index (χ3n) is 5.54. The molecule has 0 bridgehead atoms. The van der Waals surface area contributed by atoms with Crippen molar-refractivity contribution in [2.45, 2.75) is 75.3 Å². The van der Waals surface area contributed by atoms with Gasteiger partial charge in [-0.15, -0.1) is 0 Å². The molecule has 0 atom stereocenters. The maximum Gasteiger partial charge on any atom is 0.223 e. The predicted octanol–water partition coefficient (Wildman–Crippen LogP) is 2.08. The maximum absolute atomic E-state index is 6.09. The summed E-state index contributed by atoms with van der Waals surface area (Å²) in [5, 5.41) is 0. The molecular formula is C16H24N4O. The van der Waals surface area contributed by atoms with Crippen molar-refractivity contribution in [2.24, 2.45) is 5.73 Å². The van der Waals surface area contributed by atoms with Crippen molar-refractivity contribution in [1.82, 2.24) is 9.97 Å². The first-order chi connectivity index (χ1) is 10.2. The molecule has 3 aliphatic carbocycles. The van der Waals surface area contributed by atoms with E-state index in [2.05, 4.69) is 9.97 Å². The van der Waals surface area contributed by atoms with Gasteiger partial charge < -0.3 is 16.2 Å². The maximum atomic E-state index is 6.09. The van der Waals surface area contributed by atoms with Crippen LogP contribution >= 0.6 is 0 Å². The van der Waals surface area contributed by atoms with Crippen molar-refractivity contribution in [3.05, 3.63) is 11.3 Å². The number of hydrogen-bond donors (Lipinski definition) is 2. The lowest BCUT2D eigenvalue weighted by Crippen LogP contribution is -2.43. The SMILES string of the molecule is Nc1nc(OC2CC(N)C2)c2c(n1)C1(CCCC1)CCC2. The number of aromatic nitrogens is 2. The number of rotatable bonds is 2. The summed E-state index contributed by atoms with van der Waals surface area (Å²) in [6, 6.07) is 0.284. The second-order valence-electron chi connectivity index (χ2n) is 7.03. The van der Waals surface area contributed by atoms with Crippen LogP contribution in [-0.4, -0.2) is 22.1 Å². The number of nitrogens with two attached hydrogens (primary N) is 2. The third-order valence-corrected chi connectivity index (χ3v) is 5.54. The molecule has 2 saturated carbocycles. The van der Waals surface area contributed by atoms with Crippen molar-refractivity contribution in [3.8, 4) is 5.88 Å². The van der Waals surface area contributed by atoms with E-state index in [0.29, 0.717) is 5.95 Å². The summed E-state index contributed by atoms with van der Waals surface area (Å²) in [6.45, 7) is 0. The van der Waals surface area contributed by atoms with Gasteiger partial charge in [0.05, 0.1) is 5.69 Å². The number of hydrogen-bond acceptors (Lipinski definition) is 5. The Kier molecular flexibility index (Phi) is 3.06. The van der Waals surface area contributed by atoms with Crippen LogP contribution in [0.15, 0.2) is 0 Å². The molecule has 0 aliphatic heterocycles. The average molecular weight is 288 g/mol. The van der Waals surface area contributed by atoms with E-state index in [0.717, 1.165) is 25.1 Å². The van der Waals surface area contributed by atoms with E-state index < -0.39 is 0 Å². The van der Waals surface area contributed by atoms with Crippen molar-refractivity contribution < 1.29 is 4.74 Å². The van der Waals surface area contributed by atoms with Gasteiger partial charge in [-0.3, -0.25) is 0 Å². The fourth-order valence-electron chi connectivity index (χ4n) is 4.36. The highest BCUT2D eigenvalue weighted by atomic mass is 16.5. The minimum Gasteiger partial charge on any atom is -0.474 e. The largest absolute Gasteiger partial charge is 0.474 e. The monoisotopic (exact) mass is 288 g/mol. The summed E-state index contributed by atoms with van der Waals surface area (Å²) in [4.78, 5) is 9.03. The first kappa shape index (κ1) is 13.3. The molecule has 114 valence electrons. The van der Waals surface area contributed by atoms with Gasteiger partial charge in [-0.2, -0.15) is 4.98 Å². The van der Waals surface area contributed by atoms with Gasteiger partial charge >= 0.3 is 0 Å². The highest BCUT2D eigenvalue weighted by Crippen LogP contribution is 2.49. The lowest BCUT2D eigenvalue weighted by molar-refractivity contribution is 0.0937. The summed E-state index contributed by atoms with van der Waals surface area (Å²) in [5.74, 6) is 1.10. The summed E-state index contributed by atoms with van der Waals surface area (Å²) in [7, 11) is 0. The van der Waals surface area contributed by atoms with Gasteiger partial charge in [-0.05, 0) is 44.9 Å². The lowest BCUT2D eigenvalue weighted by atomic mass is 9.72. The molecule has 1 heterocycles. The Morgan fingerprint density at radius 2 is 1.76 bits per heavy atom. The quantitative estimate of drug-likeness (QED) is 0.870. The number of ether oxygens (including phenoxy) is 1. The van der Waals surface area contributed by atoms with E-state index >= 15 is 0 Å². The fourth-order valence-corrected chi connectivity index (χ4v) is 4.36. The molecule has 2 fully saturated rings. The smallest absolute Gasteiger partial charge is 0.223 e. The van der Waals surface area contributed by atoms with Crippen LogP contribution in [-0.2, 0) is 11.8 Å². The molecule has 0 amide bonds. The third kappa shape index (κ3) is 2.18. The van der Waals surface area contributed by atoms with Crippen molar-refractivity contribution >= 4 is 5.95 Å². The van der Waals surface area contributed by atoms with E-state index in [9.17, 15) is 0 Å². The topological polar surface area (TPSA) is 87.0 Å². The van der Waals surface area contributed by atoms with Gasteiger partial charge in [0.1, 0.15) is 6.10 Å². The van der Waals surface area contributed by atoms with E-state index in [1.807, 2.05) is 0 Å². The second kappa shape index (κ2) is 4.83. The van der Waals surface area contributed by atoms with Crippen LogP contribution in [0.5, 0.6) is 5.88 Å². The molecule has 0 saturated heterocycles. The Labute approximate surface area is 125 Å². The molecule has 4 N–H and O–H groups in total. The normalized spacial score (nSPS) is 30.0. The van der Waals surface area contributed by atoms with Crippen LogP contribution in [0, 0.1) is 0 Å². The average Bonchev–Trinajstić information content (AvgIpc) is 2.88. The van der Waals surface area contributed by atoms with Gasteiger partial charge in [0.2, 0.25) is 11.8 Å². The van der Waals surface area contributed by atoms with Crippen molar-refractivity contribution in [3.63, 3.8) is 0 Å². The van der Waals surface area contributed by atoms with E-state index in [-0.39, 0.29) is 17.6 Å². The Morgan fingerprint density at radius 3 is 2.48 bits per heavy atom. The molecule has 3 aliphatic rings. The van der Waals surface area contributed by atoms with Gasteiger partial charge in [0, 0.05) is 17.0 Å². The van der Waals surface area contributed by atoms with E-state index in [1.54, 1.807) is 0 Å². The number of anilines is 1. The number of nitrogens with zero attached hydrogens (tertiary/aromatic N) is 2. The Balaban J connectivity index is 1.70. The molecule has 21 heavy (non-hydrogen) atoms. The Bertz CT molecular complexity index is 547. The number of fused-ring (bicyclic) bond motifs is 2. The zero-order valence-electron chi connectivity index (χ0n) is 12.5. The van der Waals surface area contributed by atoms with Gasteiger partial charge in [0.15, 0.2) is 0 Å².